The second kappa shape index (κ2) is 58.2. The minimum absolute atomic E-state index is 0.0661. The highest BCUT2D eigenvalue weighted by atomic mass is 16.3. The fraction of sp³-hybridized carbons (Fsp3) is 0.919. The van der Waals surface area contributed by atoms with Crippen LogP contribution in [-0.4, -0.2) is 34.9 Å². The summed E-state index contributed by atoms with van der Waals surface area (Å²) >= 11 is 0. The van der Waals surface area contributed by atoms with Crippen molar-refractivity contribution >= 4 is 5.91 Å². The number of carbonyl (C=O) groups excluding carboxylic acids is 1. The van der Waals surface area contributed by atoms with E-state index in [1.165, 1.54) is 295 Å². The van der Waals surface area contributed by atoms with Gasteiger partial charge in [0.25, 0.3) is 0 Å². The standard InChI is InChI=1S/C62H121NO3/c1-3-5-7-9-11-13-15-17-19-21-23-25-27-28-29-30-31-32-33-34-35-36-37-39-41-43-45-47-49-51-53-55-57-61(65)60(59-64)63-62(66)58-56-54-52-50-48-46-44-42-40-38-26-24-22-20-18-16-14-12-10-8-6-4-2/h47,49,55,57,60-61,64-65H,3-46,48,50-54,56,58-59H2,1-2H3,(H,63,66)/b49-47+,57-55+. The Morgan fingerprint density at radius 2 is 0.591 bits per heavy atom. The third-order valence-electron chi connectivity index (χ3n) is 14.4. The monoisotopic (exact) mass is 928 g/mol. The molecule has 0 bridgehead atoms. The summed E-state index contributed by atoms with van der Waals surface area (Å²) in [6.07, 6.45) is 78.0. The first-order valence-electron chi connectivity index (χ1n) is 30.6. The Labute approximate surface area is 415 Å². The zero-order valence-corrected chi connectivity index (χ0v) is 45.2. The first-order valence-corrected chi connectivity index (χ1v) is 30.6. The van der Waals surface area contributed by atoms with E-state index in [4.69, 9.17) is 0 Å². The molecule has 0 saturated carbocycles. The lowest BCUT2D eigenvalue weighted by atomic mass is 10.0. The molecule has 0 rings (SSSR count). The number of aliphatic hydroxyl groups is 2. The second-order valence-corrected chi connectivity index (χ2v) is 21.1. The first kappa shape index (κ1) is 64.9. The van der Waals surface area contributed by atoms with Crippen LogP contribution in [0.25, 0.3) is 0 Å². The van der Waals surface area contributed by atoms with E-state index in [0.29, 0.717) is 6.42 Å². The number of hydrogen-bond acceptors (Lipinski definition) is 3. The predicted octanol–water partition coefficient (Wildman–Crippen LogP) is 20.3. The van der Waals surface area contributed by atoms with Crippen LogP contribution in [0.1, 0.15) is 348 Å². The molecular formula is C62H121NO3. The molecule has 0 aromatic heterocycles. The van der Waals surface area contributed by atoms with Gasteiger partial charge < -0.3 is 15.5 Å². The fourth-order valence-electron chi connectivity index (χ4n) is 9.79. The number of rotatable bonds is 57. The van der Waals surface area contributed by atoms with Gasteiger partial charge in [0.1, 0.15) is 0 Å². The summed E-state index contributed by atoms with van der Waals surface area (Å²) in [6.45, 7) is 4.34. The van der Waals surface area contributed by atoms with E-state index in [0.717, 1.165) is 32.1 Å². The highest BCUT2D eigenvalue weighted by Gasteiger charge is 2.18. The van der Waals surface area contributed by atoms with Gasteiger partial charge in [-0.3, -0.25) is 4.79 Å². The second-order valence-electron chi connectivity index (χ2n) is 21.1. The van der Waals surface area contributed by atoms with Crippen LogP contribution in [0, 0.1) is 0 Å². The van der Waals surface area contributed by atoms with E-state index in [2.05, 4.69) is 31.3 Å². The van der Waals surface area contributed by atoms with Gasteiger partial charge in [0.15, 0.2) is 0 Å². The molecule has 0 spiro atoms. The number of hydrogen-bond donors (Lipinski definition) is 3. The van der Waals surface area contributed by atoms with Crippen LogP contribution in [-0.2, 0) is 4.79 Å². The van der Waals surface area contributed by atoms with Crippen LogP contribution < -0.4 is 5.32 Å². The van der Waals surface area contributed by atoms with Gasteiger partial charge in [0, 0.05) is 6.42 Å². The molecule has 0 fully saturated rings. The molecule has 0 heterocycles. The molecule has 3 N–H and O–H groups in total. The Morgan fingerprint density at radius 1 is 0.348 bits per heavy atom. The van der Waals surface area contributed by atoms with Crippen molar-refractivity contribution in [2.45, 2.75) is 360 Å². The van der Waals surface area contributed by atoms with Crippen molar-refractivity contribution in [3.63, 3.8) is 0 Å². The number of nitrogens with one attached hydrogen (secondary N) is 1. The smallest absolute Gasteiger partial charge is 0.220 e. The van der Waals surface area contributed by atoms with Crippen molar-refractivity contribution in [1.82, 2.24) is 5.32 Å². The van der Waals surface area contributed by atoms with Gasteiger partial charge in [-0.05, 0) is 32.1 Å². The molecule has 2 atom stereocenters. The number of aliphatic hydroxyl groups excluding tert-OH is 2. The highest BCUT2D eigenvalue weighted by molar-refractivity contribution is 5.76. The Hall–Kier alpha value is -1.13. The van der Waals surface area contributed by atoms with Crippen molar-refractivity contribution < 1.29 is 15.0 Å². The van der Waals surface area contributed by atoms with E-state index in [1.54, 1.807) is 6.08 Å². The van der Waals surface area contributed by atoms with Gasteiger partial charge in [0.2, 0.25) is 5.91 Å². The van der Waals surface area contributed by atoms with Crippen molar-refractivity contribution in [2.75, 3.05) is 6.61 Å². The summed E-state index contributed by atoms with van der Waals surface area (Å²) in [4.78, 5) is 12.5. The number of amides is 1. The third kappa shape index (κ3) is 53.8. The SMILES string of the molecule is CCCCCCCCCCCCCCCCCCCCCCCCCCCC/C=C/CC/C=C/C(O)C(CO)NC(=O)CCCCCCCCCCCCCCCCCCCCCCCC. The maximum absolute atomic E-state index is 12.5. The predicted molar refractivity (Wildman–Crippen MR) is 295 cm³/mol. The maximum Gasteiger partial charge on any atom is 0.220 e. The first-order chi connectivity index (χ1) is 32.7. The zero-order chi connectivity index (χ0) is 47.7. The van der Waals surface area contributed by atoms with Gasteiger partial charge in [-0.2, -0.15) is 0 Å². The molecule has 0 aromatic carbocycles. The molecular weight excluding hydrogens is 807 g/mol. The summed E-state index contributed by atoms with van der Waals surface area (Å²) in [7, 11) is 0. The molecule has 66 heavy (non-hydrogen) atoms. The van der Waals surface area contributed by atoms with Crippen molar-refractivity contribution in [3.05, 3.63) is 24.3 Å². The molecule has 0 aromatic rings. The van der Waals surface area contributed by atoms with E-state index >= 15 is 0 Å². The Bertz CT molecular complexity index is 963. The average molecular weight is 929 g/mol. The molecule has 0 radical (unpaired) electrons. The minimum Gasteiger partial charge on any atom is -0.394 e. The lowest BCUT2D eigenvalue weighted by Crippen LogP contribution is -2.45. The summed E-state index contributed by atoms with van der Waals surface area (Å²) < 4.78 is 0. The topological polar surface area (TPSA) is 69.6 Å². The van der Waals surface area contributed by atoms with E-state index in [1.807, 2.05) is 6.08 Å². The van der Waals surface area contributed by atoms with Gasteiger partial charge in [-0.1, -0.05) is 334 Å². The fourth-order valence-corrected chi connectivity index (χ4v) is 9.79. The highest BCUT2D eigenvalue weighted by Crippen LogP contribution is 2.18. The van der Waals surface area contributed by atoms with Crippen molar-refractivity contribution in [2.24, 2.45) is 0 Å². The lowest BCUT2D eigenvalue weighted by molar-refractivity contribution is -0.123. The van der Waals surface area contributed by atoms with Crippen LogP contribution in [0.5, 0.6) is 0 Å². The summed E-state index contributed by atoms with van der Waals surface area (Å²) in [5.41, 5.74) is 0. The molecule has 2 unspecified atom stereocenters. The van der Waals surface area contributed by atoms with Gasteiger partial charge in [-0.15, -0.1) is 0 Å². The van der Waals surface area contributed by atoms with Crippen LogP contribution in [0.2, 0.25) is 0 Å². The largest absolute Gasteiger partial charge is 0.394 e. The van der Waals surface area contributed by atoms with E-state index in [9.17, 15) is 15.0 Å². The van der Waals surface area contributed by atoms with Crippen LogP contribution in [0.15, 0.2) is 24.3 Å². The molecule has 0 aliphatic rings. The molecule has 4 heteroatoms. The van der Waals surface area contributed by atoms with Gasteiger partial charge >= 0.3 is 0 Å². The Balaban J connectivity index is 3.46. The Kier molecular flexibility index (Phi) is 57.2. The number of carbonyl (C=O) groups is 1. The molecule has 392 valence electrons. The molecule has 4 nitrogen and oxygen atoms in total. The molecule has 1 amide bonds. The van der Waals surface area contributed by atoms with Crippen LogP contribution >= 0.6 is 0 Å². The molecule has 0 aliphatic heterocycles. The summed E-state index contributed by atoms with van der Waals surface area (Å²) in [5.74, 6) is -0.0661. The van der Waals surface area contributed by atoms with E-state index < -0.39 is 12.1 Å². The Morgan fingerprint density at radius 3 is 0.879 bits per heavy atom. The quantitative estimate of drug-likeness (QED) is 0.0420. The minimum atomic E-state index is -0.860. The van der Waals surface area contributed by atoms with Crippen molar-refractivity contribution in [1.29, 1.82) is 0 Å². The summed E-state index contributed by atoms with van der Waals surface area (Å²) in [5, 5.41) is 23.2. The molecule has 0 saturated heterocycles. The van der Waals surface area contributed by atoms with Gasteiger partial charge in [-0.25, -0.2) is 0 Å². The van der Waals surface area contributed by atoms with Crippen LogP contribution in [0.4, 0.5) is 0 Å². The molecule has 0 aliphatic carbocycles. The van der Waals surface area contributed by atoms with E-state index in [-0.39, 0.29) is 12.5 Å². The third-order valence-corrected chi connectivity index (χ3v) is 14.4. The number of unbranched alkanes of at least 4 members (excludes halogenated alkanes) is 48. The normalized spacial score (nSPS) is 12.8. The lowest BCUT2D eigenvalue weighted by Gasteiger charge is -2.19. The van der Waals surface area contributed by atoms with Gasteiger partial charge in [0.05, 0.1) is 18.8 Å². The number of allylic oxidation sites excluding steroid dienone is 3. The maximum atomic E-state index is 12.5. The van der Waals surface area contributed by atoms with Crippen molar-refractivity contribution in [3.8, 4) is 0 Å². The van der Waals surface area contributed by atoms with Crippen LogP contribution in [0.3, 0.4) is 0 Å². The zero-order valence-electron chi connectivity index (χ0n) is 45.2. The summed E-state index contributed by atoms with van der Waals surface area (Å²) in [6, 6.07) is -0.637. The average Bonchev–Trinajstić information content (AvgIpc) is 3.32.